The lowest BCUT2D eigenvalue weighted by Crippen LogP contribution is -2.44. The van der Waals surface area contributed by atoms with E-state index in [-0.39, 0.29) is 17.5 Å². The fraction of sp³-hybridized carbons (Fsp3) is 0.571. The van der Waals surface area contributed by atoms with Crippen molar-refractivity contribution in [2.24, 2.45) is 4.99 Å². The van der Waals surface area contributed by atoms with Gasteiger partial charge < -0.3 is 15.4 Å². The van der Waals surface area contributed by atoms with E-state index in [1.54, 1.807) is 13.2 Å². The Labute approximate surface area is 131 Å². The van der Waals surface area contributed by atoms with Gasteiger partial charge in [-0.05, 0) is 19.4 Å². The molecule has 0 bridgehead atoms. The van der Waals surface area contributed by atoms with E-state index in [1.807, 2.05) is 19.1 Å². The molecule has 0 aliphatic carbocycles. The predicted octanol–water partition coefficient (Wildman–Crippen LogP) is 0.332. The Morgan fingerprint density at radius 2 is 2.32 bits per heavy atom. The van der Waals surface area contributed by atoms with Crippen molar-refractivity contribution in [3.8, 4) is 5.88 Å². The van der Waals surface area contributed by atoms with Crippen molar-refractivity contribution < 1.29 is 13.2 Å². The van der Waals surface area contributed by atoms with Crippen LogP contribution in [-0.2, 0) is 16.4 Å². The van der Waals surface area contributed by atoms with Gasteiger partial charge in [0.05, 0.1) is 30.9 Å². The number of nitrogens with zero attached hydrogens (tertiary/aromatic N) is 2. The summed E-state index contributed by atoms with van der Waals surface area (Å²) in [5.74, 6) is 1.55. The summed E-state index contributed by atoms with van der Waals surface area (Å²) in [6.07, 6.45) is 0.615. The maximum atomic E-state index is 11.5. The minimum absolute atomic E-state index is 0.0823. The summed E-state index contributed by atoms with van der Waals surface area (Å²) in [5.41, 5.74) is 0.788. The third-order valence-electron chi connectivity index (χ3n) is 3.31. The zero-order valence-corrected chi connectivity index (χ0v) is 13.7. The molecule has 0 spiro atoms. The van der Waals surface area contributed by atoms with Crippen molar-refractivity contribution in [3.63, 3.8) is 0 Å². The molecule has 1 aromatic heterocycles. The number of aromatic nitrogens is 1. The van der Waals surface area contributed by atoms with Gasteiger partial charge in [-0.2, -0.15) is 0 Å². The SMILES string of the molecule is CCNC(=NCc1cccc(OC)n1)NC1CCS(=O)(=O)C1. The van der Waals surface area contributed by atoms with Gasteiger partial charge in [0, 0.05) is 18.7 Å². The van der Waals surface area contributed by atoms with Crippen LogP contribution in [0.15, 0.2) is 23.2 Å². The molecule has 1 aliphatic rings. The van der Waals surface area contributed by atoms with Crippen LogP contribution < -0.4 is 15.4 Å². The molecule has 2 rings (SSSR count). The number of pyridine rings is 1. The smallest absolute Gasteiger partial charge is 0.213 e. The van der Waals surface area contributed by atoms with Crippen LogP contribution in [0.5, 0.6) is 5.88 Å². The predicted molar refractivity (Wildman–Crippen MR) is 85.8 cm³/mol. The fourth-order valence-corrected chi connectivity index (χ4v) is 3.91. The molecule has 122 valence electrons. The van der Waals surface area contributed by atoms with Crippen molar-refractivity contribution in [3.05, 3.63) is 23.9 Å². The van der Waals surface area contributed by atoms with E-state index in [9.17, 15) is 8.42 Å². The zero-order chi connectivity index (χ0) is 16.0. The van der Waals surface area contributed by atoms with E-state index in [0.29, 0.717) is 31.3 Å². The van der Waals surface area contributed by atoms with Gasteiger partial charge in [0.25, 0.3) is 0 Å². The van der Waals surface area contributed by atoms with Crippen molar-refractivity contribution >= 4 is 15.8 Å². The molecule has 7 nitrogen and oxygen atoms in total. The first-order chi connectivity index (χ1) is 10.5. The highest BCUT2D eigenvalue weighted by atomic mass is 32.2. The number of ether oxygens (including phenoxy) is 1. The normalized spacial score (nSPS) is 20.6. The van der Waals surface area contributed by atoms with E-state index in [2.05, 4.69) is 20.6 Å². The molecule has 1 atom stereocenters. The minimum atomic E-state index is -2.91. The third kappa shape index (κ3) is 4.87. The van der Waals surface area contributed by atoms with Crippen LogP contribution in [0.2, 0.25) is 0 Å². The zero-order valence-electron chi connectivity index (χ0n) is 12.9. The highest BCUT2D eigenvalue weighted by Crippen LogP contribution is 2.11. The second kappa shape index (κ2) is 7.44. The standard InChI is InChI=1S/C14H22N4O3S/c1-3-15-14(18-12-7-8-22(19,20)10-12)16-9-11-5-4-6-13(17-11)21-2/h4-6,12H,3,7-10H2,1-2H3,(H2,15,16,18). The quantitative estimate of drug-likeness (QED) is 0.598. The molecular formula is C14H22N4O3S. The Kier molecular flexibility index (Phi) is 5.59. The first-order valence-corrected chi connectivity index (χ1v) is 9.09. The minimum Gasteiger partial charge on any atom is -0.481 e. The molecule has 0 saturated carbocycles. The van der Waals surface area contributed by atoms with Gasteiger partial charge >= 0.3 is 0 Å². The van der Waals surface area contributed by atoms with Crippen molar-refractivity contribution in [2.75, 3.05) is 25.2 Å². The molecule has 0 radical (unpaired) electrons. The fourth-order valence-electron chi connectivity index (χ4n) is 2.24. The van der Waals surface area contributed by atoms with Crippen LogP contribution in [0.3, 0.4) is 0 Å². The highest BCUT2D eigenvalue weighted by molar-refractivity contribution is 7.91. The van der Waals surface area contributed by atoms with Crippen molar-refractivity contribution in [2.45, 2.75) is 25.9 Å². The van der Waals surface area contributed by atoms with Gasteiger partial charge in [0.1, 0.15) is 0 Å². The number of sulfone groups is 1. The van der Waals surface area contributed by atoms with E-state index in [4.69, 9.17) is 4.74 Å². The molecule has 2 heterocycles. The van der Waals surface area contributed by atoms with Gasteiger partial charge in [0.2, 0.25) is 5.88 Å². The molecule has 8 heteroatoms. The van der Waals surface area contributed by atoms with E-state index < -0.39 is 9.84 Å². The molecule has 0 amide bonds. The van der Waals surface area contributed by atoms with Gasteiger partial charge in [-0.3, -0.25) is 0 Å². The van der Waals surface area contributed by atoms with E-state index in [1.165, 1.54) is 0 Å². The van der Waals surface area contributed by atoms with Crippen LogP contribution in [0, 0.1) is 0 Å². The Balaban J connectivity index is 2.00. The topological polar surface area (TPSA) is 92.7 Å². The molecule has 1 fully saturated rings. The Morgan fingerprint density at radius 3 is 2.95 bits per heavy atom. The van der Waals surface area contributed by atoms with Crippen LogP contribution in [0.1, 0.15) is 19.0 Å². The third-order valence-corrected chi connectivity index (χ3v) is 5.07. The van der Waals surface area contributed by atoms with Crippen molar-refractivity contribution in [1.82, 2.24) is 15.6 Å². The summed E-state index contributed by atoms with van der Waals surface area (Å²) in [4.78, 5) is 8.75. The monoisotopic (exact) mass is 326 g/mol. The molecule has 1 saturated heterocycles. The number of nitrogens with one attached hydrogen (secondary N) is 2. The van der Waals surface area contributed by atoms with Crippen LogP contribution in [-0.4, -0.2) is 50.6 Å². The summed E-state index contributed by atoms with van der Waals surface area (Å²) in [6, 6.07) is 5.43. The van der Waals surface area contributed by atoms with Crippen molar-refractivity contribution in [1.29, 1.82) is 0 Å². The second-order valence-corrected chi connectivity index (χ2v) is 7.34. The number of rotatable bonds is 5. The summed E-state index contributed by atoms with van der Waals surface area (Å²) in [5, 5.41) is 6.29. The first kappa shape index (κ1) is 16.5. The summed E-state index contributed by atoms with van der Waals surface area (Å²) in [6.45, 7) is 3.06. The first-order valence-electron chi connectivity index (χ1n) is 7.27. The lowest BCUT2D eigenvalue weighted by molar-refractivity contribution is 0.396. The molecule has 1 unspecified atom stereocenters. The second-order valence-electron chi connectivity index (χ2n) is 5.11. The number of methoxy groups -OCH3 is 1. The summed E-state index contributed by atoms with van der Waals surface area (Å²) < 4.78 is 28.1. The van der Waals surface area contributed by atoms with Gasteiger partial charge in [-0.25, -0.2) is 18.4 Å². The maximum Gasteiger partial charge on any atom is 0.213 e. The van der Waals surface area contributed by atoms with Crippen LogP contribution >= 0.6 is 0 Å². The number of hydrogen-bond donors (Lipinski definition) is 2. The highest BCUT2D eigenvalue weighted by Gasteiger charge is 2.28. The van der Waals surface area contributed by atoms with E-state index in [0.717, 1.165) is 5.69 Å². The molecule has 1 aromatic rings. The molecular weight excluding hydrogens is 304 g/mol. The molecule has 22 heavy (non-hydrogen) atoms. The molecule has 1 aliphatic heterocycles. The lowest BCUT2D eigenvalue weighted by Gasteiger charge is -2.15. The molecule has 0 aromatic carbocycles. The lowest BCUT2D eigenvalue weighted by atomic mass is 10.3. The Hall–Kier alpha value is -1.83. The number of aliphatic imine (C=N–C) groups is 1. The van der Waals surface area contributed by atoms with Gasteiger partial charge in [0.15, 0.2) is 15.8 Å². The number of hydrogen-bond acceptors (Lipinski definition) is 5. The van der Waals surface area contributed by atoms with Gasteiger partial charge in [-0.1, -0.05) is 6.07 Å². The van der Waals surface area contributed by atoms with Gasteiger partial charge in [-0.15, -0.1) is 0 Å². The average molecular weight is 326 g/mol. The summed E-state index contributed by atoms with van der Waals surface area (Å²) in [7, 11) is -1.34. The molecule has 2 N–H and O–H groups in total. The van der Waals surface area contributed by atoms with Crippen LogP contribution in [0.25, 0.3) is 0 Å². The Morgan fingerprint density at radius 1 is 1.50 bits per heavy atom. The van der Waals surface area contributed by atoms with E-state index >= 15 is 0 Å². The Bertz CT molecular complexity index is 631. The largest absolute Gasteiger partial charge is 0.481 e. The van der Waals surface area contributed by atoms with Crippen LogP contribution in [0.4, 0.5) is 0 Å². The number of guanidine groups is 1. The average Bonchev–Trinajstić information content (AvgIpc) is 2.84. The maximum absolute atomic E-state index is 11.5. The summed E-state index contributed by atoms with van der Waals surface area (Å²) >= 11 is 0.